The van der Waals surface area contributed by atoms with Crippen LogP contribution in [0, 0.1) is 13.8 Å². The monoisotopic (exact) mass is 312 g/mol. The van der Waals surface area contributed by atoms with Gasteiger partial charge in [0.2, 0.25) is 0 Å². The fourth-order valence-electron chi connectivity index (χ4n) is 1.64. The molecule has 0 N–H and O–H groups in total. The smallest absolute Gasteiger partial charge is 0.0256 e. The fraction of sp³-hybridized carbons (Fsp3) is 0.167. The average molecular weight is 314 g/mol. The highest BCUT2D eigenvalue weighted by atomic mass is 79.9. The van der Waals surface area contributed by atoms with Crippen molar-refractivity contribution in [3.05, 3.63) is 44.3 Å². The molecule has 0 nitrogen and oxygen atoms in total. The summed E-state index contributed by atoms with van der Waals surface area (Å²) >= 11 is 7.19. The zero-order chi connectivity index (χ0) is 10.3. The molecule has 14 heavy (non-hydrogen) atoms. The van der Waals surface area contributed by atoms with E-state index < -0.39 is 0 Å². The van der Waals surface area contributed by atoms with Crippen LogP contribution in [-0.4, -0.2) is 0 Å². The lowest BCUT2D eigenvalue weighted by Gasteiger charge is -2.06. The van der Waals surface area contributed by atoms with Gasteiger partial charge in [-0.25, -0.2) is 0 Å². The Morgan fingerprint density at radius 3 is 1.43 bits per heavy atom. The maximum Gasteiger partial charge on any atom is 0.0256 e. The zero-order valence-corrected chi connectivity index (χ0v) is 11.2. The third kappa shape index (κ3) is 1.73. The van der Waals surface area contributed by atoms with E-state index in [0.717, 1.165) is 8.95 Å². The first-order valence-corrected chi connectivity index (χ1v) is 6.02. The summed E-state index contributed by atoms with van der Waals surface area (Å²) in [5, 5.41) is 2.53. The molecule has 2 heteroatoms. The van der Waals surface area contributed by atoms with Crippen LogP contribution in [0.5, 0.6) is 0 Å². The SMILES string of the molecule is Cc1cc(Br)c2cc(C)cc(Br)c2c1. The van der Waals surface area contributed by atoms with E-state index in [1.807, 2.05) is 0 Å². The lowest BCUT2D eigenvalue weighted by Crippen LogP contribution is -1.82. The first-order chi connectivity index (χ1) is 6.58. The summed E-state index contributed by atoms with van der Waals surface area (Å²) in [7, 11) is 0. The molecule has 0 unspecified atom stereocenters. The Morgan fingerprint density at radius 1 is 0.714 bits per heavy atom. The molecule has 0 radical (unpaired) electrons. The van der Waals surface area contributed by atoms with Crippen molar-refractivity contribution in [2.75, 3.05) is 0 Å². The number of hydrogen-bond donors (Lipinski definition) is 0. The normalized spacial score (nSPS) is 10.9. The van der Waals surface area contributed by atoms with E-state index in [0.29, 0.717) is 0 Å². The molecule has 0 atom stereocenters. The van der Waals surface area contributed by atoms with E-state index in [1.54, 1.807) is 0 Å². The summed E-state index contributed by atoms with van der Waals surface area (Å²) in [6, 6.07) is 8.69. The van der Waals surface area contributed by atoms with Gasteiger partial charge in [0.15, 0.2) is 0 Å². The van der Waals surface area contributed by atoms with Crippen LogP contribution in [0.1, 0.15) is 11.1 Å². The van der Waals surface area contributed by atoms with Crippen LogP contribution >= 0.6 is 31.9 Å². The molecule has 0 bridgehead atoms. The van der Waals surface area contributed by atoms with E-state index >= 15 is 0 Å². The minimum Gasteiger partial charge on any atom is -0.0502 e. The van der Waals surface area contributed by atoms with Crippen LogP contribution in [0.25, 0.3) is 10.8 Å². The molecule has 0 aliphatic heterocycles. The second-order valence-corrected chi connectivity index (χ2v) is 5.30. The summed E-state index contributed by atoms with van der Waals surface area (Å²) in [4.78, 5) is 0. The summed E-state index contributed by atoms with van der Waals surface area (Å²) in [6.45, 7) is 4.22. The predicted octanol–water partition coefficient (Wildman–Crippen LogP) is 4.98. The molecule has 0 fully saturated rings. The molecule has 72 valence electrons. The van der Waals surface area contributed by atoms with Gasteiger partial charge >= 0.3 is 0 Å². The van der Waals surface area contributed by atoms with Gasteiger partial charge in [0.1, 0.15) is 0 Å². The maximum absolute atomic E-state index is 3.60. The van der Waals surface area contributed by atoms with Gasteiger partial charge in [-0.1, -0.05) is 44.0 Å². The molecular formula is C12H10Br2. The second kappa shape index (κ2) is 3.67. The molecule has 0 heterocycles. The van der Waals surface area contributed by atoms with E-state index in [4.69, 9.17) is 0 Å². The molecule has 0 saturated heterocycles. The van der Waals surface area contributed by atoms with Gasteiger partial charge < -0.3 is 0 Å². The number of fused-ring (bicyclic) bond motifs is 1. The number of benzene rings is 2. The highest BCUT2D eigenvalue weighted by molar-refractivity contribution is 9.11. The molecule has 0 aromatic heterocycles. The van der Waals surface area contributed by atoms with Crippen LogP contribution in [-0.2, 0) is 0 Å². The topological polar surface area (TPSA) is 0 Å². The number of rotatable bonds is 0. The van der Waals surface area contributed by atoms with E-state index in [2.05, 4.69) is 70.0 Å². The van der Waals surface area contributed by atoms with Gasteiger partial charge in [0.25, 0.3) is 0 Å². The molecule has 0 spiro atoms. The second-order valence-electron chi connectivity index (χ2n) is 3.59. The summed E-state index contributed by atoms with van der Waals surface area (Å²) in [5.41, 5.74) is 2.54. The van der Waals surface area contributed by atoms with Crippen LogP contribution < -0.4 is 0 Å². The van der Waals surface area contributed by atoms with Crippen LogP contribution in [0.15, 0.2) is 33.2 Å². The first-order valence-electron chi connectivity index (χ1n) is 4.44. The summed E-state index contributed by atoms with van der Waals surface area (Å²) in [5.74, 6) is 0. The Hall–Kier alpha value is -0.340. The summed E-state index contributed by atoms with van der Waals surface area (Å²) < 4.78 is 2.33. The van der Waals surface area contributed by atoms with Crippen LogP contribution in [0.2, 0.25) is 0 Å². The quantitative estimate of drug-likeness (QED) is 0.643. The molecule has 0 aliphatic carbocycles. The standard InChI is InChI=1S/C12H10Br2/c1-7-3-9-10(11(13)5-7)4-8(2)6-12(9)14/h3-6H,1-2H3. The lowest BCUT2D eigenvalue weighted by atomic mass is 10.1. The van der Waals surface area contributed by atoms with Gasteiger partial charge in [0.05, 0.1) is 0 Å². The van der Waals surface area contributed by atoms with Gasteiger partial charge in [-0.15, -0.1) is 0 Å². The predicted molar refractivity (Wildman–Crippen MR) is 68.8 cm³/mol. The highest BCUT2D eigenvalue weighted by Crippen LogP contribution is 2.32. The molecule has 0 aliphatic rings. The van der Waals surface area contributed by atoms with E-state index in [1.165, 1.54) is 21.9 Å². The Bertz CT molecular complexity index is 454. The van der Waals surface area contributed by atoms with Crippen molar-refractivity contribution in [3.8, 4) is 0 Å². The van der Waals surface area contributed by atoms with E-state index in [-0.39, 0.29) is 0 Å². The number of aryl methyl sites for hydroxylation is 2. The van der Waals surface area contributed by atoms with Crippen molar-refractivity contribution >= 4 is 42.6 Å². The van der Waals surface area contributed by atoms with Gasteiger partial charge in [-0.05, 0) is 47.9 Å². The van der Waals surface area contributed by atoms with Crippen molar-refractivity contribution in [3.63, 3.8) is 0 Å². The van der Waals surface area contributed by atoms with Gasteiger partial charge in [-0.2, -0.15) is 0 Å². The van der Waals surface area contributed by atoms with E-state index in [9.17, 15) is 0 Å². The largest absolute Gasteiger partial charge is 0.0502 e. The molecule has 2 rings (SSSR count). The first kappa shape index (κ1) is 10.2. The third-order valence-electron chi connectivity index (χ3n) is 2.26. The Morgan fingerprint density at radius 2 is 1.07 bits per heavy atom. The van der Waals surface area contributed by atoms with Gasteiger partial charge in [-0.3, -0.25) is 0 Å². The Labute approximate surface area is 101 Å². The molecule has 0 saturated carbocycles. The highest BCUT2D eigenvalue weighted by Gasteiger charge is 2.04. The maximum atomic E-state index is 3.60. The fourth-order valence-corrected chi connectivity index (χ4v) is 3.02. The third-order valence-corrected chi connectivity index (χ3v) is 3.57. The lowest BCUT2D eigenvalue weighted by molar-refractivity contribution is 1.45. The molecular weight excluding hydrogens is 304 g/mol. The van der Waals surface area contributed by atoms with Crippen molar-refractivity contribution in [1.82, 2.24) is 0 Å². The average Bonchev–Trinajstić information content (AvgIpc) is 2.07. The molecule has 0 amide bonds. The van der Waals surface area contributed by atoms with Crippen LogP contribution in [0.4, 0.5) is 0 Å². The minimum atomic E-state index is 1.16. The summed E-state index contributed by atoms with van der Waals surface area (Å²) in [6.07, 6.45) is 0. The van der Waals surface area contributed by atoms with Crippen molar-refractivity contribution in [2.45, 2.75) is 13.8 Å². The van der Waals surface area contributed by atoms with Crippen molar-refractivity contribution in [2.24, 2.45) is 0 Å². The van der Waals surface area contributed by atoms with Crippen LogP contribution in [0.3, 0.4) is 0 Å². The Kier molecular flexibility index (Phi) is 2.67. The number of halogens is 2. The number of hydrogen-bond acceptors (Lipinski definition) is 0. The van der Waals surface area contributed by atoms with Crippen molar-refractivity contribution < 1.29 is 0 Å². The minimum absolute atomic E-state index is 1.16. The molecule has 2 aromatic rings. The Balaban J connectivity index is 2.94. The molecule has 2 aromatic carbocycles. The zero-order valence-electron chi connectivity index (χ0n) is 8.07. The van der Waals surface area contributed by atoms with Crippen molar-refractivity contribution in [1.29, 1.82) is 0 Å². The van der Waals surface area contributed by atoms with Gasteiger partial charge in [0, 0.05) is 8.95 Å².